The lowest BCUT2D eigenvalue weighted by Crippen LogP contribution is -2.34. The number of ether oxygens (including phenoxy) is 1. The van der Waals surface area contributed by atoms with Gasteiger partial charge in [0.05, 0.1) is 5.60 Å². The lowest BCUT2D eigenvalue weighted by Gasteiger charge is -2.38. The van der Waals surface area contributed by atoms with E-state index in [0.29, 0.717) is 11.0 Å². The van der Waals surface area contributed by atoms with E-state index >= 15 is 0 Å². The molecule has 0 radical (unpaired) electrons. The second-order valence-corrected chi connectivity index (χ2v) is 6.84. The van der Waals surface area contributed by atoms with Crippen molar-refractivity contribution in [3.05, 3.63) is 0 Å². The highest BCUT2D eigenvalue weighted by Gasteiger charge is 2.39. The van der Waals surface area contributed by atoms with E-state index in [4.69, 9.17) is 4.74 Å². The molecule has 0 aromatic heterocycles. The first kappa shape index (κ1) is 11.4. The maximum absolute atomic E-state index is 5.96. The molecule has 1 heteroatoms. The quantitative estimate of drug-likeness (QED) is 0.631. The van der Waals surface area contributed by atoms with Crippen LogP contribution < -0.4 is 0 Å². The molecule has 1 heterocycles. The molecule has 0 N–H and O–H groups in total. The van der Waals surface area contributed by atoms with Gasteiger partial charge in [-0.3, -0.25) is 0 Å². The molecule has 0 amide bonds. The molecule has 1 saturated heterocycles. The molecule has 1 saturated carbocycles. The van der Waals surface area contributed by atoms with Gasteiger partial charge >= 0.3 is 0 Å². The van der Waals surface area contributed by atoms with Crippen LogP contribution in [0.25, 0.3) is 0 Å². The second kappa shape index (κ2) is 4.08. The van der Waals surface area contributed by atoms with Gasteiger partial charge in [-0.15, -0.1) is 0 Å². The summed E-state index contributed by atoms with van der Waals surface area (Å²) in [6.07, 6.45) is 9.47. The number of hydrogen-bond donors (Lipinski definition) is 0. The lowest BCUT2D eigenvalue weighted by atomic mass is 9.72. The zero-order chi connectivity index (χ0) is 10.9. The van der Waals surface area contributed by atoms with Crippen LogP contribution in [0.3, 0.4) is 0 Å². The van der Waals surface area contributed by atoms with Crippen molar-refractivity contribution in [3.63, 3.8) is 0 Å². The Kier molecular flexibility index (Phi) is 3.12. The minimum atomic E-state index is 0.328. The fourth-order valence-electron chi connectivity index (χ4n) is 3.42. The first-order valence-corrected chi connectivity index (χ1v) is 6.63. The van der Waals surface area contributed by atoms with Crippen LogP contribution in [-0.4, -0.2) is 12.2 Å². The van der Waals surface area contributed by atoms with Crippen LogP contribution in [0, 0.1) is 11.3 Å². The van der Waals surface area contributed by atoms with Gasteiger partial charge in [0.2, 0.25) is 0 Å². The molecule has 2 rings (SSSR count). The third kappa shape index (κ3) is 2.96. The Morgan fingerprint density at radius 1 is 1.13 bits per heavy atom. The van der Waals surface area contributed by atoms with E-state index < -0.39 is 0 Å². The summed E-state index contributed by atoms with van der Waals surface area (Å²) in [5, 5.41) is 0. The molecule has 0 atom stereocenters. The first-order valence-electron chi connectivity index (χ1n) is 6.63. The Balaban J connectivity index is 1.81. The van der Waals surface area contributed by atoms with Crippen LogP contribution in [0.4, 0.5) is 0 Å². The van der Waals surface area contributed by atoms with Gasteiger partial charge in [-0.2, -0.15) is 0 Å². The largest absolute Gasteiger partial charge is 0.375 e. The first-order chi connectivity index (χ1) is 6.99. The minimum absolute atomic E-state index is 0.328. The molecule has 2 aliphatic rings. The summed E-state index contributed by atoms with van der Waals surface area (Å²) >= 11 is 0. The van der Waals surface area contributed by atoms with Crippen LogP contribution >= 0.6 is 0 Å². The van der Waals surface area contributed by atoms with E-state index in [-0.39, 0.29) is 0 Å². The number of hydrogen-bond acceptors (Lipinski definition) is 1. The van der Waals surface area contributed by atoms with Crippen molar-refractivity contribution in [2.24, 2.45) is 11.3 Å². The summed E-state index contributed by atoms with van der Waals surface area (Å²) in [5.41, 5.74) is 0.833. The molecule has 1 nitrogen and oxygen atoms in total. The fourth-order valence-corrected chi connectivity index (χ4v) is 3.42. The maximum Gasteiger partial charge on any atom is 0.0683 e. The topological polar surface area (TPSA) is 9.23 Å². The SMILES string of the molecule is CC(C)(C)CC1CCC2(CCCO2)CC1. The zero-order valence-electron chi connectivity index (χ0n) is 10.6. The zero-order valence-corrected chi connectivity index (χ0v) is 10.6. The molecule has 1 aliphatic heterocycles. The monoisotopic (exact) mass is 210 g/mol. The molecular weight excluding hydrogens is 184 g/mol. The summed E-state index contributed by atoms with van der Waals surface area (Å²) < 4.78 is 5.96. The Hall–Kier alpha value is -0.0400. The Morgan fingerprint density at radius 2 is 1.80 bits per heavy atom. The van der Waals surface area contributed by atoms with Crippen molar-refractivity contribution in [1.29, 1.82) is 0 Å². The Morgan fingerprint density at radius 3 is 2.27 bits per heavy atom. The Bertz CT molecular complexity index is 198. The smallest absolute Gasteiger partial charge is 0.0683 e. The van der Waals surface area contributed by atoms with Gasteiger partial charge in [0.25, 0.3) is 0 Å². The summed E-state index contributed by atoms with van der Waals surface area (Å²) in [5.74, 6) is 0.958. The van der Waals surface area contributed by atoms with Gasteiger partial charge in [0.1, 0.15) is 0 Å². The van der Waals surface area contributed by atoms with Crippen molar-refractivity contribution in [2.45, 2.75) is 71.3 Å². The van der Waals surface area contributed by atoms with E-state index in [1.165, 1.54) is 44.9 Å². The van der Waals surface area contributed by atoms with E-state index in [0.717, 1.165) is 12.5 Å². The predicted octanol–water partition coefficient (Wildman–Crippen LogP) is 4.16. The van der Waals surface area contributed by atoms with E-state index in [1.807, 2.05) is 0 Å². The van der Waals surface area contributed by atoms with E-state index in [1.54, 1.807) is 0 Å². The van der Waals surface area contributed by atoms with Gasteiger partial charge in [0.15, 0.2) is 0 Å². The average Bonchev–Trinajstić information content (AvgIpc) is 2.56. The molecule has 0 unspecified atom stereocenters. The highest BCUT2D eigenvalue weighted by Crippen LogP contribution is 2.44. The third-order valence-corrected chi connectivity index (χ3v) is 4.10. The highest BCUT2D eigenvalue weighted by molar-refractivity contribution is 4.90. The molecule has 2 fully saturated rings. The molecule has 0 aromatic carbocycles. The van der Waals surface area contributed by atoms with Crippen molar-refractivity contribution in [3.8, 4) is 0 Å². The average molecular weight is 210 g/mol. The standard InChI is InChI=1S/C14H26O/c1-13(2,3)11-12-5-8-14(9-6-12)7-4-10-15-14/h12H,4-11H2,1-3H3. The Labute approximate surface area is 94.6 Å². The number of rotatable bonds is 1. The summed E-state index contributed by atoms with van der Waals surface area (Å²) in [6.45, 7) is 8.11. The second-order valence-electron chi connectivity index (χ2n) is 6.84. The van der Waals surface area contributed by atoms with Gasteiger partial charge in [-0.1, -0.05) is 20.8 Å². The molecule has 88 valence electrons. The van der Waals surface area contributed by atoms with Gasteiger partial charge < -0.3 is 4.74 Å². The predicted molar refractivity (Wildman–Crippen MR) is 63.9 cm³/mol. The van der Waals surface area contributed by atoms with E-state index in [9.17, 15) is 0 Å². The summed E-state index contributed by atoms with van der Waals surface area (Å²) in [4.78, 5) is 0. The van der Waals surface area contributed by atoms with E-state index in [2.05, 4.69) is 20.8 Å². The maximum atomic E-state index is 5.96. The van der Waals surface area contributed by atoms with Crippen LogP contribution in [0.5, 0.6) is 0 Å². The van der Waals surface area contributed by atoms with Crippen molar-refractivity contribution < 1.29 is 4.74 Å². The van der Waals surface area contributed by atoms with Crippen LogP contribution in [-0.2, 0) is 4.74 Å². The normalized spacial score (nSPS) is 37.4. The molecule has 1 aliphatic carbocycles. The molecule has 0 bridgehead atoms. The van der Waals surface area contributed by atoms with Crippen LogP contribution in [0.15, 0.2) is 0 Å². The fraction of sp³-hybridized carbons (Fsp3) is 1.00. The summed E-state index contributed by atoms with van der Waals surface area (Å²) in [7, 11) is 0. The molecule has 0 aromatic rings. The minimum Gasteiger partial charge on any atom is -0.375 e. The van der Waals surface area contributed by atoms with Crippen LogP contribution in [0.2, 0.25) is 0 Å². The van der Waals surface area contributed by atoms with Gasteiger partial charge in [0, 0.05) is 6.61 Å². The van der Waals surface area contributed by atoms with Crippen molar-refractivity contribution in [2.75, 3.05) is 6.61 Å². The third-order valence-electron chi connectivity index (χ3n) is 4.10. The molecular formula is C14H26O. The van der Waals surface area contributed by atoms with Gasteiger partial charge in [-0.25, -0.2) is 0 Å². The van der Waals surface area contributed by atoms with Crippen molar-refractivity contribution in [1.82, 2.24) is 0 Å². The van der Waals surface area contributed by atoms with Crippen LogP contribution in [0.1, 0.15) is 65.7 Å². The van der Waals surface area contributed by atoms with Gasteiger partial charge in [-0.05, 0) is 56.3 Å². The highest BCUT2D eigenvalue weighted by atomic mass is 16.5. The summed E-state index contributed by atoms with van der Waals surface area (Å²) in [6, 6.07) is 0. The lowest BCUT2D eigenvalue weighted by molar-refractivity contribution is -0.0381. The molecule has 15 heavy (non-hydrogen) atoms. The molecule has 1 spiro atoms. The van der Waals surface area contributed by atoms with Crippen molar-refractivity contribution >= 4 is 0 Å².